The van der Waals surface area contributed by atoms with Crippen molar-refractivity contribution in [2.75, 3.05) is 11.9 Å². The number of amides is 1. The maximum absolute atomic E-state index is 14.0. The molecule has 0 radical (unpaired) electrons. The molecule has 2 heterocycles. The standard InChI is InChI=1S/C22H22BrFN4O4S/c1-14-4-2-3-9-28(14)33(31,32)17-6-8-20-15(10-17)12-25-22(30)27(20)13-21(29)26-19-7-5-16(23)11-18(19)24/h5-8,10-12,14H,2-4,9,13H2,1H3,(H,26,29). The predicted molar refractivity (Wildman–Crippen MR) is 126 cm³/mol. The number of sulfonamides is 1. The molecular weight excluding hydrogens is 515 g/mol. The maximum atomic E-state index is 14.0. The number of hydrogen-bond acceptors (Lipinski definition) is 5. The molecule has 1 amide bonds. The fraction of sp³-hybridized carbons (Fsp3) is 0.318. The minimum Gasteiger partial charge on any atom is -0.322 e. The third kappa shape index (κ3) is 4.85. The number of piperidine rings is 1. The summed E-state index contributed by atoms with van der Waals surface area (Å²) in [6, 6.07) is 8.49. The lowest BCUT2D eigenvalue weighted by atomic mass is 10.1. The molecule has 1 saturated heterocycles. The fourth-order valence-electron chi connectivity index (χ4n) is 3.98. The number of hydrogen-bond donors (Lipinski definition) is 1. The molecule has 4 rings (SSSR count). The highest BCUT2D eigenvalue weighted by Crippen LogP contribution is 2.27. The molecule has 1 atom stereocenters. The second kappa shape index (κ2) is 9.32. The van der Waals surface area contributed by atoms with Gasteiger partial charge in [-0.05, 0) is 56.2 Å². The van der Waals surface area contributed by atoms with Gasteiger partial charge in [-0.2, -0.15) is 4.31 Å². The Balaban J connectivity index is 1.64. The lowest BCUT2D eigenvalue weighted by molar-refractivity contribution is -0.116. The van der Waals surface area contributed by atoms with Gasteiger partial charge in [0.05, 0.1) is 16.1 Å². The van der Waals surface area contributed by atoms with Gasteiger partial charge in [0.25, 0.3) is 0 Å². The van der Waals surface area contributed by atoms with Crippen LogP contribution in [0.1, 0.15) is 26.2 Å². The number of anilines is 1. The molecule has 174 valence electrons. The first kappa shape index (κ1) is 23.5. The lowest BCUT2D eigenvalue weighted by Gasteiger charge is -2.32. The number of carbonyl (C=O) groups is 1. The van der Waals surface area contributed by atoms with Crippen LogP contribution in [0.2, 0.25) is 0 Å². The average molecular weight is 537 g/mol. The Morgan fingerprint density at radius 3 is 2.76 bits per heavy atom. The SMILES string of the molecule is CC1CCCCN1S(=O)(=O)c1ccc2c(cnc(=O)n2CC(=O)Nc2ccc(Br)cc2F)c1. The molecule has 0 aliphatic carbocycles. The van der Waals surface area contributed by atoms with E-state index in [0.717, 1.165) is 23.8 Å². The van der Waals surface area contributed by atoms with Crippen molar-refractivity contribution in [2.24, 2.45) is 0 Å². The molecule has 2 aromatic carbocycles. The van der Waals surface area contributed by atoms with Gasteiger partial charge in [-0.25, -0.2) is 22.6 Å². The van der Waals surface area contributed by atoms with Gasteiger partial charge in [0.15, 0.2) is 0 Å². The molecule has 1 aromatic heterocycles. The highest BCUT2D eigenvalue weighted by Gasteiger charge is 2.31. The summed E-state index contributed by atoms with van der Waals surface area (Å²) in [6.07, 6.45) is 3.90. The molecule has 3 aromatic rings. The number of aromatic nitrogens is 2. The van der Waals surface area contributed by atoms with Crippen LogP contribution in [0.4, 0.5) is 10.1 Å². The van der Waals surface area contributed by atoms with Gasteiger partial charge in [-0.15, -0.1) is 0 Å². The van der Waals surface area contributed by atoms with Crippen molar-refractivity contribution in [3.63, 3.8) is 0 Å². The minimum atomic E-state index is -3.70. The van der Waals surface area contributed by atoms with Gasteiger partial charge in [0, 0.05) is 28.6 Å². The molecule has 0 saturated carbocycles. The van der Waals surface area contributed by atoms with Gasteiger partial charge in [0.1, 0.15) is 12.4 Å². The van der Waals surface area contributed by atoms with Gasteiger partial charge in [0.2, 0.25) is 15.9 Å². The third-order valence-electron chi connectivity index (χ3n) is 5.69. The summed E-state index contributed by atoms with van der Waals surface area (Å²) in [5, 5.41) is 2.84. The van der Waals surface area contributed by atoms with Crippen molar-refractivity contribution in [1.82, 2.24) is 13.9 Å². The van der Waals surface area contributed by atoms with Crippen LogP contribution in [-0.2, 0) is 21.4 Å². The van der Waals surface area contributed by atoms with Gasteiger partial charge < -0.3 is 5.32 Å². The van der Waals surface area contributed by atoms with Crippen LogP contribution in [-0.4, -0.2) is 40.8 Å². The number of nitrogens with zero attached hydrogens (tertiary/aromatic N) is 3. The summed E-state index contributed by atoms with van der Waals surface area (Å²) in [7, 11) is -3.70. The zero-order valence-corrected chi connectivity index (χ0v) is 20.2. The smallest absolute Gasteiger partial charge is 0.322 e. The first-order valence-corrected chi connectivity index (χ1v) is 12.7. The predicted octanol–water partition coefficient (Wildman–Crippen LogP) is 3.50. The second-order valence-electron chi connectivity index (χ2n) is 7.98. The van der Waals surface area contributed by atoms with E-state index < -0.39 is 34.0 Å². The van der Waals surface area contributed by atoms with Crippen molar-refractivity contribution >= 4 is 48.5 Å². The molecule has 1 unspecified atom stereocenters. The van der Waals surface area contributed by atoms with Crippen LogP contribution in [0, 0.1) is 5.82 Å². The summed E-state index contributed by atoms with van der Waals surface area (Å²) >= 11 is 3.15. The zero-order valence-electron chi connectivity index (χ0n) is 17.8. The monoisotopic (exact) mass is 536 g/mol. The van der Waals surface area contributed by atoms with Crippen LogP contribution in [0.25, 0.3) is 10.9 Å². The Bertz CT molecular complexity index is 1390. The maximum Gasteiger partial charge on any atom is 0.348 e. The van der Waals surface area contributed by atoms with Crippen molar-refractivity contribution in [3.05, 3.63) is 63.4 Å². The summed E-state index contributed by atoms with van der Waals surface area (Å²) in [5.41, 5.74) is -0.338. The summed E-state index contributed by atoms with van der Waals surface area (Å²) in [5.74, 6) is -1.24. The van der Waals surface area contributed by atoms with E-state index in [1.165, 1.54) is 40.8 Å². The topological polar surface area (TPSA) is 101 Å². The first-order valence-electron chi connectivity index (χ1n) is 10.4. The summed E-state index contributed by atoms with van der Waals surface area (Å²) in [6.45, 7) is 1.95. The van der Waals surface area contributed by atoms with Crippen LogP contribution in [0.15, 0.2) is 56.8 Å². The summed E-state index contributed by atoms with van der Waals surface area (Å²) < 4.78 is 43.5. The third-order valence-corrected chi connectivity index (χ3v) is 8.19. The molecular formula is C22H22BrFN4O4S. The number of fused-ring (bicyclic) bond motifs is 1. The average Bonchev–Trinajstić information content (AvgIpc) is 2.77. The van der Waals surface area contributed by atoms with E-state index >= 15 is 0 Å². The Morgan fingerprint density at radius 1 is 1.24 bits per heavy atom. The van der Waals surface area contributed by atoms with E-state index in [2.05, 4.69) is 26.2 Å². The number of nitrogens with one attached hydrogen (secondary N) is 1. The second-order valence-corrected chi connectivity index (χ2v) is 10.8. The molecule has 1 aliphatic rings. The molecule has 0 bridgehead atoms. The Morgan fingerprint density at radius 2 is 2.03 bits per heavy atom. The van der Waals surface area contributed by atoms with Crippen LogP contribution in [0.3, 0.4) is 0 Å². The summed E-state index contributed by atoms with van der Waals surface area (Å²) in [4.78, 5) is 28.8. The van der Waals surface area contributed by atoms with Crippen molar-refractivity contribution in [2.45, 2.75) is 43.7 Å². The molecule has 1 N–H and O–H groups in total. The molecule has 8 nitrogen and oxygen atoms in total. The normalized spacial score (nSPS) is 17.2. The van der Waals surface area contributed by atoms with Crippen molar-refractivity contribution < 1.29 is 17.6 Å². The van der Waals surface area contributed by atoms with E-state index in [0.29, 0.717) is 21.9 Å². The van der Waals surface area contributed by atoms with Gasteiger partial charge in [-0.1, -0.05) is 22.4 Å². The minimum absolute atomic E-state index is 0.0199. The number of benzene rings is 2. The van der Waals surface area contributed by atoms with E-state index in [-0.39, 0.29) is 16.6 Å². The lowest BCUT2D eigenvalue weighted by Crippen LogP contribution is -2.41. The Hall–Kier alpha value is -2.63. The van der Waals surface area contributed by atoms with Crippen molar-refractivity contribution in [1.29, 1.82) is 0 Å². The van der Waals surface area contributed by atoms with Crippen LogP contribution < -0.4 is 11.0 Å². The van der Waals surface area contributed by atoms with Crippen LogP contribution >= 0.6 is 15.9 Å². The molecule has 0 spiro atoms. The number of rotatable bonds is 5. The zero-order chi connectivity index (χ0) is 23.8. The molecule has 1 aliphatic heterocycles. The van der Waals surface area contributed by atoms with E-state index in [1.54, 1.807) is 6.07 Å². The quantitative estimate of drug-likeness (QED) is 0.537. The van der Waals surface area contributed by atoms with Crippen LogP contribution in [0.5, 0.6) is 0 Å². The Labute approximate surface area is 198 Å². The number of carbonyl (C=O) groups excluding carboxylic acids is 1. The van der Waals surface area contributed by atoms with Gasteiger partial charge >= 0.3 is 5.69 Å². The largest absolute Gasteiger partial charge is 0.348 e. The first-order chi connectivity index (χ1) is 15.7. The van der Waals surface area contributed by atoms with E-state index in [1.807, 2.05) is 6.92 Å². The molecule has 11 heteroatoms. The molecule has 1 fully saturated rings. The number of halogens is 2. The molecule has 33 heavy (non-hydrogen) atoms. The van der Waals surface area contributed by atoms with Gasteiger partial charge in [-0.3, -0.25) is 9.36 Å². The highest BCUT2D eigenvalue weighted by molar-refractivity contribution is 9.10. The fourth-order valence-corrected chi connectivity index (χ4v) is 6.05. The van der Waals surface area contributed by atoms with Crippen molar-refractivity contribution in [3.8, 4) is 0 Å². The Kier molecular flexibility index (Phi) is 6.64. The van der Waals surface area contributed by atoms with E-state index in [9.17, 15) is 22.4 Å². The van der Waals surface area contributed by atoms with E-state index in [4.69, 9.17) is 0 Å². The highest BCUT2D eigenvalue weighted by atomic mass is 79.9.